The van der Waals surface area contributed by atoms with Crippen molar-refractivity contribution in [3.05, 3.63) is 33.8 Å². The number of halogens is 2. The first kappa shape index (κ1) is 12.2. The molecule has 3 N–H and O–H groups in total. The molecule has 16 heavy (non-hydrogen) atoms. The molecule has 1 aromatic rings. The zero-order chi connectivity index (χ0) is 11.5. The van der Waals surface area contributed by atoms with Crippen LogP contribution < -0.4 is 11.1 Å². The van der Waals surface area contributed by atoms with Crippen LogP contribution in [0.4, 0.5) is 0 Å². The van der Waals surface area contributed by atoms with Crippen LogP contribution in [0.5, 0.6) is 0 Å². The van der Waals surface area contributed by atoms with Crippen LogP contribution in [0.25, 0.3) is 0 Å². The summed E-state index contributed by atoms with van der Waals surface area (Å²) in [5, 5.41) is 4.67. The molecule has 1 aliphatic heterocycles. The van der Waals surface area contributed by atoms with E-state index in [2.05, 4.69) is 5.32 Å². The predicted molar refractivity (Wildman–Crippen MR) is 69.0 cm³/mol. The largest absolute Gasteiger partial charge is 0.324 e. The quantitative estimate of drug-likeness (QED) is 0.875. The summed E-state index contributed by atoms with van der Waals surface area (Å²) in [6.45, 7) is 2.17. The van der Waals surface area contributed by atoms with Crippen LogP contribution in [0.1, 0.15) is 24.4 Å². The van der Waals surface area contributed by atoms with Gasteiger partial charge in [0.2, 0.25) is 0 Å². The molecule has 0 spiro atoms. The van der Waals surface area contributed by atoms with E-state index in [0.29, 0.717) is 16.0 Å². The van der Waals surface area contributed by atoms with Crippen molar-refractivity contribution in [1.29, 1.82) is 0 Å². The summed E-state index contributed by atoms with van der Waals surface area (Å²) in [7, 11) is 0. The normalized spacial score (nSPS) is 22.3. The Balaban J connectivity index is 2.04. The molecule has 88 valence electrons. The van der Waals surface area contributed by atoms with Gasteiger partial charge >= 0.3 is 0 Å². The summed E-state index contributed by atoms with van der Waals surface area (Å²) in [5.41, 5.74) is 7.17. The molecule has 1 saturated heterocycles. The second-order valence-corrected chi connectivity index (χ2v) is 5.21. The summed E-state index contributed by atoms with van der Waals surface area (Å²) in [6, 6.07) is 5.54. The molecule has 0 aromatic heterocycles. The van der Waals surface area contributed by atoms with Crippen LogP contribution in [-0.4, -0.2) is 13.1 Å². The Hall–Kier alpha value is -0.280. The minimum Gasteiger partial charge on any atom is -0.324 e. The maximum atomic E-state index is 6.17. The summed E-state index contributed by atoms with van der Waals surface area (Å²) in [4.78, 5) is 0. The maximum absolute atomic E-state index is 6.17. The number of hydrogen-bond donors (Lipinski definition) is 2. The lowest BCUT2D eigenvalue weighted by Gasteiger charge is -2.17. The van der Waals surface area contributed by atoms with E-state index >= 15 is 0 Å². The third kappa shape index (κ3) is 2.89. The summed E-state index contributed by atoms with van der Waals surface area (Å²) in [6.07, 6.45) is 2.19. The zero-order valence-electron chi connectivity index (χ0n) is 9.05. The third-order valence-electron chi connectivity index (χ3n) is 3.11. The first-order chi connectivity index (χ1) is 7.66. The van der Waals surface area contributed by atoms with Crippen molar-refractivity contribution in [3.63, 3.8) is 0 Å². The zero-order valence-corrected chi connectivity index (χ0v) is 10.6. The summed E-state index contributed by atoms with van der Waals surface area (Å²) < 4.78 is 0. The molecule has 0 bridgehead atoms. The smallest absolute Gasteiger partial charge is 0.0468 e. The van der Waals surface area contributed by atoms with Gasteiger partial charge in [0.1, 0.15) is 0 Å². The van der Waals surface area contributed by atoms with Gasteiger partial charge < -0.3 is 11.1 Å². The van der Waals surface area contributed by atoms with Gasteiger partial charge in [-0.15, -0.1) is 0 Å². The van der Waals surface area contributed by atoms with Crippen molar-refractivity contribution in [1.82, 2.24) is 5.32 Å². The number of rotatable bonds is 3. The van der Waals surface area contributed by atoms with E-state index in [4.69, 9.17) is 28.9 Å². The highest BCUT2D eigenvalue weighted by molar-refractivity contribution is 6.35. The average Bonchev–Trinajstić information content (AvgIpc) is 2.70. The molecule has 2 rings (SSSR count). The molecule has 0 saturated carbocycles. The van der Waals surface area contributed by atoms with E-state index in [9.17, 15) is 0 Å². The van der Waals surface area contributed by atoms with Gasteiger partial charge in [-0.25, -0.2) is 0 Å². The average molecular weight is 259 g/mol. The molecule has 0 radical (unpaired) electrons. The van der Waals surface area contributed by atoms with Gasteiger partial charge in [0, 0.05) is 16.1 Å². The Morgan fingerprint density at radius 1 is 1.44 bits per heavy atom. The Labute approximate surface area is 106 Å². The number of nitrogens with one attached hydrogen (secondary N) is 1. The van der Waals surface area contributed by atoms with Crippen molar-refractivity contribution in [2.75, 3.05) is 13.1 Å². The van der Waals surface area contributed by atoms with Crippen LogP contribution in [0.3, 0.4) is 0 Å². The Morgan fingerprint density at radius 2 is 2.25 bits per heavy atom. The van der Waals surface area contributed by atoms with Crippen LogP contribution in [0.2, 0.25) is 10.0 Å². The molecule has 0 aliphatic carbocycles. The van der Waals surface area contributed by atoms with E-state index in [-0.39, 0.29) is 6.04 Å². The minimum atomic E-state index is 0.00895. The molecule has 1 heterocycles. The van der Waals surface area contributed by atoms with Crippen LogP contribution in [0.15, 0.2) is 18.2 Å². The standard InChI is InChI=1S/C12H16Cl2N2/c13-9-1-2-10(11(14)6-9)12(15)5-8-3-4-16-7-8/h1-2,6,8,12,16H,3-5,7,15H2. The van der Waals surface area contributed by atoms with Crippen molar-refractivity contribution in [2.24, 2.45) is 11.7 Å². The number of nitrogens with two attached hydrogens (primary N) is 1. The molecule has 2 atom stereocenters. The first-order valence-corrected chi connectivity index (χ1v) is 6.33. The van der Waals surface area contributed by atoms with Gasteiger partial charge in [-0.2, -0.15) is 0 Å². The SMILES string of the molecule is NC(CC1CCNC1)c1ccc(Cl)cc1Cl. The molecule has 4 heteroatoms. The van der Waals surface area contributed by atoms with Crippen LogP contribution in [0, 0.1) is 5.92 Å². The van der Waals surface area contributed by atoms with E-state index < -0.39 is 0 Å². The minimum absolute atomic E-state index is 0.00895. The molecular weight excluding hydrogens is 243 g/mol. The molecule has 0 amide bonds. The highest BCUT2D eigenvalue weighted by Gasteiger charge is 2.19. The molecular formula is C12H16Cl2N2. The first-order valence-electron chi connectivity index (χ1n) is 5.58. The Morgan fingerprint density at radius 3 is 2.88 bits per heavy atom. The van der Waals surface area contributed by atoms with Gasteiger partial charge in [0.05, 0.1) is 0 Å². The number of benzene rings is 1. The highest BCUT2D eigenvalue weighted by Crippen LogP contribution is 2.29. The Bertz CT molecular complexity index is 362. The van der Waals surface area contributed by atoms with Crippen LogP contribution >= 0.6 is 23.2 Å². The van der Waals surface area contributed by atoms with E-state index in [1.54, 1.807) is 6.07 Å². The highest BCUT2D eigenvalue weighted by atomic mass is 35.5. The Kier molecular flexibility index (Phi) is 4.09. The van der Waals surface area contributed by atoms with Gasteiger partial charge in [0.25, 0.3) is 0 Å². The fourth-order valence-electron chi connectivity index (χ4n) is 2.20. The lowest BCUT2D eigenvalue weighted by atomic mass is 9.95. The van der Waals surface area contributed by atoms with Crippen molar-refractivity contribution >= 4 is 23.2 Å². The molecule has 1 aromatic carbocycles. The second kappa shape index (κ2) is 5.37. The van der Waals surface area contributed by atoms with E-state index in [1.807, 2.05) is 12.1 Å². The van der Waals surface area contributed by atoms with Crippen LogP contribution in [-0.2, 0) is 0 Å². The van der Waals surface area contributed by atoms with Gasteiger partial charge in [-0.1, -0.05) is 29.3 Å². The second-order valence-electron chi connectivity index (χ2n) is 4.37. The molecule has 2 unspecified atom stereocenters. The van der Waals surface area contributed by atoms with Crippen molar-refractivity contribution in [2.45, 2.75) is 18.9 Å². The predicted octanol–water partition coefficient (Wildman–Crippen LogP) is 2.99. The lowest BCUT2D eigenvalue weighted by Crippen LogP contribution is -2.17. The van der Waals surface area contributed by atoms with Gasteiger partial charge in [-0.05, 0) is 49.5 Å². The topological polar surface area (TPSA) is 38.0 Å². The fourth-order valence-corrected chi connectivity index (χ4v) is 2.75. The summed E-state index contributed by atoms with van der Waals surface area (Å²) >= 11 is 12.0. The summed E-state index contributed by atoms with van der Waals surface area (Å²) in [5.74, 6) is 0.668. The van der Waals surface area contributed by atoms with Gasteiger partial charge in [-0.3, -0.25) is 0 Å². The van der Waals surface area contributed by atoms with Crippen molar-refractivity contribution < 1.29 is 0 Å². The van der Waals surface area contributed by atoms with Gasteiger partial charge in [0.15, 0.2) is 0 Å². The van der Waals surface area contributed by atoms with E-state index in [1.165, 1.54) is 6.42 Å². The molecule has 1 aliphatic rings. The molecule has 2 nitrogen and oxygen atoms in total. The lowest BCUT2D eigenvalue weighted by molar-refractivity contribution is 0.473. The number of hydrogen-bond acceptors (Lipinski definition) is 2. The monoisotopic (exact) mass is 258 g/mol. The third-order valence-corrected chi connectivity index (χ3v) is 3.67. The maximum Gasteiger partial charge on any atom is 0.0468 e. The molecule has 1 fully saturated rings. The van der Waals surface area contributed by atoms with Crippen molar-refractivity contribution in [3.8, 4) is 0 Å². The van der Waals surface area contributed by atoms with E-state index in [0.717, 1.165) is 25.1 Å². The fraction of sp³-hybridized carbons (Fsp3) is 0.500.